The third-order valence-corrected chi connectivity index (χ3v) is 5.00. The molecule has 0 spiro atoms. The molecule has 6 nitrogen and oxygen atoms in total. The fraction of sp³-hybridized carbons (Fsp3) is 0.647. The van der Waals surface area contributed by atoms with Crippen LogP contribution < -0.4 is 4.90 Å². The maximum Gasteiger partial charge on any atom is 0.243 e. The maximum absolute atomic E-state index is 13.0. The Bertz CT molecular complexity index is 643. The lowest BCUT2D eigenvalue weighted by molar-refractivity contribution is -0.141. The molecule has 1 aliphatic carbocycles. The first-order valence-electron chi connectivity index (χ1n) is 8.29. The van der Waals surface area contributed by atoms with Gasteiger partial charge in [-0.1, -0.05) is 19.3 Å². The Balaban J connectivity index is 1.82. The van der Waals surface area contributed by atoms with Crippen molar-refractivity contribution < 1.29 is 4.79 Å². The minimum atomic E-state index is -0.805. The van der Waals surface area contributed by atoms with Crippen molar-refractivity contribution in [3.05, 3.63) is 17.3 Å². The highest BCUT2D eigenvalue weighted by Crippen LogP contribution is 2.38. The van der Waals surface area contributed by atoms with E-state index in [4.69, 9.17) is 0 Å². The summed E-state index contributed by atoms with van der Waals surface area (Å²) in [5.74, 6) is 0.805. The van der Waals surface area contributed by atoms with E-state index in [1.54, 1.807) is 0 Å². The summed E-state index contributed by atoms with van der Waals surface area (Å²) in [6.07, 6.45) is 5.18. The summed E-state index contributed by atoms with van der Waals surface area (Å²) in [5, 5.41) is 18.1. The molecule has 23 heavy (non-hydrogen) atoms. The van der Waals surface area contributed by atoms with Gasteiger partial charge >= 0.3 is 0 Å². The lowest BCUT2D eigenvalue weighted by Crippen LogP contribution is -2.46. The molecule has 6 heteroatoms. The maximum atomic E-state index is 13.0. The van der Waals surface area contributed by atoms with Crippen LogP contribution in [0.4, 0.5) is 5.82 Å². The van der Waals surface area contributed by atoms with Crippen LogP contribution in [0, 0.1) is 16.7 Å². The molecule has 0 aromatic carbocycles. The van der Waals surface area contributed by atoms with Crippen LogP contribution in [0.25, 0.3) is 0 Å². The van der Waals surface area contributed by atoms with Crippen molar-refractivity contribution in [1.29, 1.82) is 5.26 Å². The van der Waals surface area contributed by atoms with Crippen LogP contribution in [0.2, 0.25) is 0 Å². The second-order valence-corrected chi connectivity index (χ2v) is 6.80. The predicted molar refractivity (Wildman–Crippen MR) is 86.6 cm³/mol. The van der Waals surface area contributed by atoms with Gasteiger partial charge in [0.1, 0.15) is 5.41 Å². The fourth-order valence-electron chi connectivity index (χ4n) is 3.54. The second kappa shape index (κ2) is 6.15. The molecule has 0 saturated heterocycles. The average molecular weight is 313 g/mol. The molecular weight excluding hydrogens is 290 g/mol. The molecule has 3 rings (SSSR count). The number of rotatable bonds is 2. The van der Waals surface area contributed by atoms with Crippen LogP contribution in [-0.4, -0.2) is 41.6 Å². The number of anilines is 1. The van der Waals surface area contributed by atoms with Gasteiger partial charge in [-0.05, 0) is 24.5 Å². The zero-order valence-electron chi connectivity index (χ0n) is 13.9. The number of carbonyl (C=O) groups excluding carboxylic acids is 1. The Morgan fingerprint density at radius 1 is 1.30 bits per heavy atom. The number of nitriles is 1. The topological polar surface area (TPSA) is 73.1 Å². The van der Waals surface area contributed by atoms with E-state index >= 15 is 0 Å². The first kappa shape index (κ1) is 15.7. The Morgan fingerprint density at radius 3 is 2.70 bits per heavy atom. The molecule has 1 saturated carbocycles. The van der Waals surface area contributed by atoms with Crippen molar-refractivity contribution in [2.45, 2.75) is 45.1 Å². The molecule has 0 unspecified atom stereocenters. The van der Waals surface area contributed by atoms with Crippen molar-refractivity contribution >= 4 is 11.7 Å². The highest BCUT2D eigenvalue weighted by Gasteiger charge is 2.43. The molecule has 0 bridgehead atoms. The van der Waals surface area contributed by atoms with Gasteiger partial charge < -0.3 is 9.80 Å². The van der Waals surface area contributed by atoms with Gasteiger partial charge in [-0.3, -0.25) is 4.79 Å². The SMILES string of the molecule is CN(C)c1cc2c(nn1)CCN(C(=O)C1(C#N)CCCCC1)C2. The lowest BCUT2D eigenvalue weighted by Gasteiger charge is -2.37. The van der Waals surface area contributed by atoms with Gasteiger partial charge in [0.15, 0.2) is 5.82 Å². The molecule has 2 heterocycles. The number of carbonyl (C=O) groups is 1. The standard InChI is InChI=1S/C17H23N5O/c1-21(2)15-10-13-11-22(9-6-14(13)19-20-15)16(23)17(12-18)7-4-3-5-8-17/h10H,3-9,11H2,1-2H3. The summed E-state index contributed by atoms with van der Waals surface area (Å²) in [6.45, 7) is 1.17. The Hall–Kier alpha value is -2.16. The molecular formula is C17H23N5O. The molecule has 0 radical (unpaired) electrons. The van der Waals surface area contributed by atoms with E-state index < -0.39 is 5.41 Å². The molecule has 1 aromatic rings. The van der Waals surface area contributed by atoms with Gasteiger partial charge in [-0.25, -0.2) is 0 Å². The van der Waals surface area contributed by atoms with E-state index in [-0.39, 0.29) is 5.91 Å². The van der Waals surface area contributed by atoms with E-state index in [9.17, 15) is 10.1 Å². The average Bonchev–Trinajstić information content (AvgIpc) is 2.60. The van der Waals surface area contributed by atoms with E-state index in [0.29, 0.717) is 32.4 Å². The van der Waals surface area contributed by atoms with Crippen LogP contribution >= 0.6 is 0 Å². The fourth-order valence-corrected chi connectivity index (χ4v) is 3.54. The number of fused-ring (bicyclic) bond motifs is 1. The van der Waals surface area contributed by atoms with Crippen LogP contribution in [0.3, 0.4) is 0 Å². The van der Waals surface area contributed by atoms with Crippen LogP contribution in [0.5, 0.6) is 0 Å². The highest BCUT2D eigenvalue weighted by molar-refractivity contribution is 5.85. The molecule has 2 aliphatic rings. The van der Waals surface area contributed by atoms with Crippen molar-refractivity contribution in [2.24, 2.45) is 5.41 Å². The Labute approximate surface area is 137 Å². The summed E-state index contributed by atoms with van der Waals surface area (Å²) in [7, 11) is 3.85. The highest BCUT2D eigenvalue weighted by atomic mass is 16.2. The summed E-state index contributed by atoms with van der Waals surface area (Å²) in [4.78, 5) is 16.7. The molecule has 1 amide bonds. The van der Waals surface area contributed by atoms with Crippen molar-refractivity contribution in [1.82, 2.24) is 15.1 Å². The van der Waals surface area contributed by atoms with E-state index in [0.717, 1.165) is 36.3 Å². The minimum Gasteiger partial charge on any atom is -0.361 e. The predicted octanol–water partition coefficient (Wildman–Crippen LogP) is 1.90. The molecule has 0 atom stereocenters. The van der Waals surface area contributed by atoms with E-state index in [1.165, 1.54) is 0 Å². The van der Waals surface area contributed by atoms with Crippen molar-refractivity contribution in [3.63, 3.8) is 0 Å². The van der Waals surface area contributed by atoms with Gasteiger partial charge in [-0.2, -0.15) is 10.4 Å². The van der Waals surface area contributed by atoms with Gasteiger partial charge in [0.05, 0.1) is 11.8 Å². The number of hydrogen-bond donors (Lipinski definition) is 0. The van der Waals surface area contributed by atoms with Crippen molar-refractivity contribution in [3.8, 4) is 6.07 Å². The van der Waals surface area contributed by atoms with Gasteiger partial charge in [0, 0.05) is 33.6 Å². The van der Waals surface area contributed by atoms with Crippen molar-refractivity contribution in [2.75, 3.05) is 25.5 Å². The minimum absolute atomic E-state index is 0.00793. The van der Waals surface area contributed by atoms with Crippen LogP contribution in [-0.2, 0) is 17.8 Å². The van der Waals surface area contributed by atoms with E-state index in [2.05, 4.69) is 16.3 Å². The van der Waals surface area contributed by atoms with Gasteiger partial charge in [-0.15, -0.1) is 5.10 Å². The molecule has 1 fully saturated rings. The number of aromatic nitrogens is 2. The quantitative estimate of drug-likeness (QED) is 0.834. The number of nitrogens with zero attached hydrogens (tertiary/aromatic N) is 5. The van der Waals surface area contributed by atoms with E-state index in [1.807, 2.05) is 30.0 Å². The summed E-state index contributed by atoms with van der Waals surface area (Å²) < 4.78 is 0. The zero-order chi connectivity index (χ0) is 16.4. The van der Waals surface area contributed by atoms with Gasteiger partial charge in [0.25, 0.3) is 0 Å². The summed E-state index contributed by atoms with van der Waals surface area (Å²) in [6, 6.07) is 4.34. The second-order valence-electron chi connectivity index (χ2n) is 6.80. The van der Waals surface area contributed by atoms with Crippen LogP contribution in [0.1, 0.15) is 43.4 Å². The largest absolute Gasteiger partial charge is 0.361 e. The zero-order valence-corrected chi connectivity index (χ0v) is 13.9. The molecule has 1 aliphatic heterocycles. The Morgan fingerprint density at radius 2 is 2.04 bits per heavy atom. The summed E-state index contributed by atoms with van der Waals surface area (Å²) >= 11 is 0. The third-order valence-electron chi connectivity index (χ3n) is 5.00. The monoisotopic (exact) mass is 313 g/mol. The first-order valence-corrected chi connectivity index (χ1v) is 8.29. The molecule has 1 aromatic heterocycles. The third kappa shape index (κ3) is 2.88. The van der Waals surface area contributed by atoms with Gasteiger partial charge in [0.2, 0.25) is 5.91 Å². The Kier molecular flexibility index (Phi) is 4.20. The number of amides is 1. The summed E-state index contributed by atoms with van der Waals surface area (Å²) in [5.41, 5.74) is 1.21. The molecule has 122 valence electrons. The lowest BCUT2D eigenvalue weighted by atomic mass is 9.74. The first-order chi connectivity index (χ1) is 11.1. The smallest absolute Gasteiger partial charge is 0.243 e. The normalized spacial score (nSPS) is 19.6. The van der Waals surface area contributed by atoms with Crippen LogP contribution in [0.15, 0.2) is 6.07 Å². The molecule has 0 N–H and O–H groups in total. The number of hydrogen-bond acceptors (Lipinski definition) is 5.